The Morgan fingerprint density at radius 1 is 1.36 bits per heavy atom. The number of hydrogen-bond donors (Lipinski definition) is 0. The molecule has 0 aromatic carbocycles. The molecular weight excluding hydrogens is 294 g/mol. The highest BCUT2D eigenvalue weighted by Crippen LogP contribution is 2.24. The molecule has 1 fully saturated rings. The second-order valence-corrected chi connectivity index (χ2v) is 7.23. The number of unbranched alkanes of at least 4 members (excludes halogenated alkanes) is 1. The van der Waals surface area contributed by atoms with Gasteiger partial charge < -0.3 is 9.47 Å². The van der Waals surface area contributed by atoms with Crippen molar-refractivity contribution in [3.05, 3.63) is 11.4 Å². The maximum Gasteiger partial charge on any atom is 0.233 e. The van der Waals surface area contributed by atoms with Gasteiger partial charge >= 0.3 is 0 Å². The molecule has 1 unspecified atom stereocenters. The fourth-order valence-electron chi connectivity index (χ4n) is 2.99. The summed E-state index contributed by atoms with van der Waals surface area (Å²) < 4.78 is 2.27. The predicted octanol–water partition coefficient (Wildman–Crippen LogP) is 3.79. The van der Waals surface area contributed by atoms with E-state index < -0.39 is 0 Å². The number of likely N-dealkylation sites (tertiary alicyclic amines) is 1. The number of hydrogen-bond acceptors (Lipinski definition) is 3. The zero-order valence-corrected chi connectivity index (χ0v) is 15.2. The Kier molecular flexibility index (Phi) is 6.36. The van der Waals surface area contributed by atoms with Gasteiger partial charge in [-0.2, -0.15) is 0 Å². The molecule has 1 aliphatic heterocycles. The number of imidazole rings is 1. The topological polar surface area (TPSA) is 38.1 Å². The fraction of sp³-hybridized carbons (Fsp3) is 0.765. The summed E-state index contributed by atoms with van der Waals surface area (Å²) >= 11 is 1.60. The number of aromatic nitrogens is 2. The van der Waals surface area contributed by atoms with Gasteiger partial charge in [0.1, 0.15) is 0 Å². The number of thioether (sulfide) groups is 1. The average Bonchev–Trinajstić information content (AvgIpc) is 2.78. The third-order valence-electron chi connectivity index (χ3n) is 4.61. The van der Waals surface area contributed by atoms with E-state index in [0.717, 1.165) is 43.2 Å². The maximum atomic E-state index is 12.5. The monoisotopic (exact) mass is 323 g/mol. The lowest BCUT2D eigenvalue weighted by Crippen LogP contribution is -2.43. The lowest BCUT2D eigenvalue weighted by atomic mass is 10.0. The van der Waals surface area contributed by atoms with Gasteiger partial charge in [-0.05, 0) is 46.5 Å². The van der Waals surface area contributed by atoms with Crippen LogP contribution in [0.4, 0.5) is 0 Å². The first-order valence-electron chi connectivity index (χ1n) is 8.50. The first-order valence-corrected chi connectivity index (χ1v) is 9.49. The number of nitrogens with zero attached hydrogens (tertiary/aromatic N) is 3. The van der Waals surface area contributed by atoms with Crippen molar-refractivity contribution in [2.75, 3.05) is 12.3 Å². The molecule has 1 aromatic rings. The Balaban J connectivity index is 1.98. The van der Waals surface area contributed by atoms with E-state index in [9.17, 15) is 4.79 Å². The minimum absolute atomic E-state index is 0.262. The van der Waals surface area contributed by atoms with E-state index in [-0.39, 0.29) is 5.91 Å². The van der Waals surface area contributed by atoms with Crippen molar-refractivity contribution in [3.8, 4) is 0 Å². The number of carbonyl (C=O) groups excluding carboxylic acids is 1. The van der Waals surface area contributed by atoms with Crippen molar-refractivity contribution in [1.82, 2.24) is 14.5 Å². The molecule has 1 atom stereocenters. The van der Waals surface area contributed by atoms with Crippen molar-refractivity contribution in [2.24, 2.45) is 0 Å². The lowest BCUT2D eigenvalue weighted by Gasteiger charge is -2.33. The highest BCUT2D eigenvalue weighted by Gasteiger charge is 2.23. The summed E-state index contributed by atoms with van der Waals surface area (Å²) in [6.07, 6.45) is 5.86. The number of aryl methyl sites for hydroxylation is 1. The van der Waals surface area contributed by atoms with Crippen LogP contribution in [0.2, 0.25) is 0 Å². The van der Waals surface area contributed by atoms with E-state index in [4.69, 9.17) is 0 Å². The van der Waals surface area contributed by atoms with E-state index in [1.54, 1.807) is 11.8 Å². The van der Waals surface area contributed by atoms with Gasteiger partial charge in [-0.25, -0.2) is 4.98 Å². The molecule has 5 heteroatoms. The van der Waals surface area contributed by atoms with Crippen LogP contribution in [0.1, 0.15) is 57.3 Å². The molecule has 0 saturated carbocycles. The van der Waals surface area contributed by atoms with Crippen LogP contribution in [0, 0.1) is 13.8 Å². The summed E-state index contributed by atoms with van der Waals surface area (Å²) in [5.74, 6) is 0.768. The van der Waals surface area contributed by atoms with Crippen molar-refractivity contribution in [1.29, 1.82) is 0 Å². The summed E-state index contributed by atoms with van der Waals surface area (Å²) in [5, 5.41) is 1.00. The molecule has 1 aliphatic rings. The summed E-state index contributed by atoms with van der Waals surface area (Å²) in [5.41, 5.74) is 2.31. The Bertz CT molecular complexity index is 512. The molecule has 124 valence electrons. The zero-order valence-electron chi connectivity index (χ0n) is 14.4. The van der Waals surface area contributed by atoms with E-state index in [0.29, 0.717) is 11.8 Å². The molecule has 1 amide bonds. The Labute approximate surface area is 138 Å². The molecule has 0 spiro atoms. The Hall–Kier alpha value is -0.970. The summed E-state index contributed by atoms with van der Waals surface area (Å²) in [7, 11) is 0. The molecule has 2 heterocycles. The third kappa shape index (κ3) is 4.06. The van der Waals surface area contributed by atoms with Crippen LogP contribution in [0.25, 0.3) is 0 Å². The smallest absolute Gasteiger partial charge is 0.233 e. The Morgan fingerprint density at radius 2 is 2.14 bits per heavy atom. The zero-order chi connectivity index (χ0) is 16.1. The largest absolute Gasteiger partial charge is 0.339 e. The second-order valence-electron chi connectivity index (χ2n) is 6.29. The number of rotatable bonds is 6. The van der Waals surface area contributed by atoms with Crippen LogP contribution in [-0.2, 0) is 11.3 Å². The van der Waals surface area contributed by atoms with Gasteiger partial charge in [0.05, 0.1) is 11.4 Å². The van der Waals surface area contributed by atoms with Gasteiger partial charge in [-0.3, -0.25) is 4.79 Å². The highest BCUT2D eigenvalue weighted by molar-refractivity contribution is 7.99. The van der Waals surface area contributed by atoms with Crippen molar-refractivity contribution >= 4 is 17.7 Å². The molecule has 0 bridgehead atoms. The van der Waals surface area contributed by atoms with Crippen molar-refractivity contribution < 1.29 is 4.79 Å². The molecular formula is C17H29N3OS. The van der Waals surface area contributed by atoms with E-state index in [1.165, 1.54) is 18.5 Å². The molecule has 0 radical (unpaired) electrons. The van der Waals surface area contributed by atoms with Crippen LogP contribution in [-0.4, -0.2) is 38.7 Å². The molecule has 1 aromatic heterocycles. The van der Waals surface area contributed by atoms with Crippen LogP contribution >= 0.6 is 11.8 Å². The number of carbonyl (C=O) groups is 1. The average molecular weight is 324 g/mol. The normalized spacial score (nSPS) is 18.7. The van der Waals surface area contributed by atoms with Gasteiger partial charge in [0.2, 0.25) is 5.91 Å². The van der Waals surface area contributed by atoms with Crippen LogP contribution in [0.15, 0.2) is 5.16 Å². The minimum atomic E-state index is 0.262. The van der Waals surface area contributed by atoms with E-state index >= 15 is 0 Å². The second kappa shape index (κ2) is 8.04. The lowest BCUT2D eigenvalue weighted by molar-refractivity contribution is -0.131. The quantitative estimate of drug-likeness (QED) is 0.748. The Morgan fingerprint density at radius 3 is 2.82 bits per heavy atom. The highest BCUT2D eigenvalue weighted by atomic mass is 32.2. The summed E-state index contributed by atoms with van der Waals surface area (Å²) in [6, 6.07) is 0.394. The standard InChI is InChI=1S/C17H29N3OS/c1-5-6-10-20-15(4)14(3)18-17(20)22-12-16(21)19-11-8-7-9-13(19)2/h13H,5-12H2,1-4H3. The van der Waals surface area contributed by atoms with Gasteiger partial charge in [0.25, 0.3) is 0 Å². The molecule has 0 aliphatic carbocycles. The van der Waals surface area contributed by atoms with E-state index in [1.807, 2.05) is 0 Å². The predicted molar refractivity (Wildman–Crippen MR) is 92.4 cm³/mol. The van der Waals surface area contributed by atoms with Crippen LogP contribution in [0.5, 0.6) is 0 Å². The summed E-state index contributed by atoms with van der Waals surface area (Å²) in [4.78, 5) is 19.2. The first-order chi connectivity index (χ1) is 10.5. The first kappa shape index (κ1) is 17.4. The van der Waals surface area contributed by atoms with Gasteiger partial charge in [-0.1, -0.05) is 25.1 Å². The SMILES string of the molecule is CCCCn1c(SCC(=O)N2CCCCC2C)nc(C)c1C. The molecule has 2 rings (SSSR count). The minimum Gasteiger partial charge on any atom is -0.339 e. The molecule has 4 nitrogen and oxygen atoms in total. The number of amides is 1. The molecule has 1 saturated heterocycles. The van der Waals surface area contributed by atoms with E-state index in [2.05, 4.69) is 42.1 Å². The van der Waals surface area contributed by atoms with Gasteiger partial charge in [-0.15, -0.1) is 0 Å². The van der Waals surface area contributed by atoms with Crippen molar-refractivity contribution in [3.63, 3.8) is 0 Å². The number of piperidine rings is 1. The van der Waals surface area contributed by atoms with Gasteiger partial charge in [0, 0.05) is 24.8 Å². The van der Waals surface area contributed by atoms with Gasteiger partial charge in [0.15, 0.2) is 5.16 Å². The fourth-order valence-corrected chi connectivity index (χ4v) is 4.00. The summed E-state index contributed by atoms with van der Waals surface area (Å²) in [6.45, 7) is 10.5. The van der Waals surface area contributed by atoms with Crippen molar-refractivity contribution in [2.45, 2.75) is 77.5 Å². The maximum absolute atomic E-state index is 12.5. The van der Waals surface area contributed by atoms with Crippen LogP contribution in [0.3, 0.4) is 0 Å². The van der Waals surface area contributed by atoms with Crippen LogP contribution < -0.4 is 0 Å². The molecule has 22 heavy (non-hydrogen) atoms. The molecule has 0 N–H and O–H groups in total. The third-order valence-corrected chi connectivity index (χ3v) is 5.57.